The van der Waals surface area contributed by atoms with Crippen molar-refractivity contribution in [3.05, 3.63) is 126 Å². The number of rotatable bonds is 6. The molecule has 1 N–H and O–H groups in total. The third-order valence-corrected chi connectivity index (χ3v) is 8.31. The number of furan rings is 1. The maximum absolute atomic E-state index is 14.0. The van der Waals surface area contributed by atoms with Crippen molar-refractivity contribution in [1.82, 2.24) is 4.57 Å². The lowest BCUT2D eigenvalue weighted by Gasteiger charge is -2.25. The average molecular weight is 599 g/mol. The van der Waals surface area contributed by atoms with Crippen LogP contribution in [0.1, 0.15) is 41.6 Å². The smallest absolute Gasteiger partial charge is 0.338 e. The van der Waals surface area contributed by atoms with Gasteiger partial charge >= 0.3 is 11.9 Å². The second-order valence-electron chi connectivity index (χ2n) is 9.57. The van der Waals surface area contributed by atoms with Gasteiger partial charge in [0.1, 0.15) is 11.5 Å². The highest BCUT2D eigenvalue weighted by Crippen LogP contribution is 2.35. The molecule has 210 valence electrons. The van der Waals surface area contributed by atoms with Crippen molar-refractivity contribution in [2.24, 2.45) is 4.99 Å². The Hall–Kier alpha value is -4.73. The number of benzene rings is 3. The van der Waals surface area contributed by atoms with Gasteiger partial charge in [0.15, 0.2) is 4.80 Å². The normalized spacial score (nSPS) is 15.0. The van der Waals surface area contributed by atoms with Gasteiger partial charge in [-0.1, -0.05) is 71.5 Å². The van der Waals surface area contributed by atoms with Crippen LogP contribution in [0.15, 0.2) is 98.3 Å². The molecule has 2 aromatic heterocycles. The minimum absolute atomic E-state index is 0.00784. The summed E-state index contributed by atoms with van der Waals surface area (Å²) in [5, 5.41) is 11.2. The molecular formula is C32H23ClN2O6S. The van der Waals surface area contributed by atoms with Crippen LogP contribution >= 0.6 is 22.9 Å². The fourth-order valence-electron chi connectivity index (χ4n) is 5.13. The molecule has 0 fully saturated rings. The first-order valence-electron chi connectivity index (χ1n) is 13.1. The quantitative estimate of drug-likeness (QED) is 0.256. The molecule has 3 aromatic carbocycles. The number of aromatic carboxylic acids is 1. The molecule has 0 spiro atoms. The lowest BCUT2D eigenvalue weighted by Crippen LogP contribution is -2.40. The number of carbonyl (C=O) groups excluding carboxylic acids is 1. The maximum atomic E-state index is 14.0. The van der Waals surface area contributed by atoms with Crippen LogP contribution < -0.4 is 14.9 Å². The highest BCUT2D eigenvalue weighted by Gasteiger charge is 2.34. The highest BCUT2D eigenvalue weighted by molar-refractivity contribution is 7.07. The zero-order valence-corrected chi connectivity index (χ0v) is 24.0. The van der Waals surface area contributed by atoms with Crippen molar-refractivity contribution >= 4 is 51.7 Å². The SMILES string of the molecule is CCOC(=O)C1=C(C)N=c2s/c(=C/c3ccc(-c4ccc(C(=O)O)c(Cl)c4)o3)c(=O)n2[C@@H]1c1cccc2ccccc12. The van der Waals surface area contributed by atoms with Gasteiger partial charge in [-0.2, -0.15) is 0 Å². The van der Waals surface area contributed by atoms with Gasteiger partial charge in [0.2, 0.25) is 0 Å². The van der Waals surface area contributed by atoms with E-state index in [9.17, 15) is 19.5 Å². The fourth-order valence-corrected chi connectivity index (χ4v) is 6.42. The number of carbonyl (C=O) groups is 2. The number of hydrogen-bond acceptors (Lipinski definition) is 7. The second kappa shape index (κ2) is 10.9. The number of allylic oxidation sites excluding steroid dienone is 1. The molecule has 0 amide bonds. The van der Waals surface area contributed by atoms with Crippen molar-refractivity contribution < 1.29 is 23.8 Å². The van der Waals surface area contributed by atoms with Gasteiger partial charge in [0, 0.05) is 11.6 Å². The second-order valence-corrected chi connectivity index (χ2v) is 11.0. The maximum Gasteiger partial charge on any atom is 0.338 e. The topological polar surface area (TPSA) is 111 Å². The van der Waals surface area contributed by atoms with E-state index < -0.39 is 18.0 Å². The van der Waals surface area contributed by atoms with Gasteiger partial charge < -0.3 is 14.3 Å². The van der Waals surface area contributed by atoms with Crippen LogP contribution in [0.4, 0.5) is 0 Å². The lowest BCUT2D eigenvalue weighted by molar-refractivity contribution is -0.139. The Morgan fingerprint density at radius 1 is 1.12 bits per heavy atom. The standard InChI is InChI=1S/C32H23ClN2O6S/c1-3-40-31(39)27-17(2)34-32-35(28(27)22-10-6-8-18-7-4-5-9-21(18)22)29(36)26(42-32)16-20-12-14-25(41-20)19-11-13-23(30(37)38)24(33)15-19/h4-16,28H,3H2,1-2H3,(H,37,38)/b26-16+/t28-/m1/s1. The predicted octanol–water partition coefficient (Wildman–Crippen LogP) is 5.56. The summed E-state index contributed by atoms with van der Waals surface area (Å²) in [7, 11) is 0. The number of halogens is 1. The summed E-state index contributed by atoms with van der Waals surface area (Å²) >= 11 is 7.34. The lowest BCUT2D eigenvalue weighted by atomic mass is 9.91. The van der Waals surface area contributed by atoms with Gasteiger partial charge in [0.25, 0.3) is 5.56 Å². The summed E-state index contributed by atoms with van der Waals surface area (Å²) in [6.45, 7) is 3.68. The number of esters is 1. The molecule has 0 saturated carbocycles. The van der Waals surface area contributed by atoms with E-state index in [0.717, 1.165) is 16.3 Å². The zero-order valence-electron chi connectivity index (χ0n) is 22.5. The van der Waals surface area contributed by atoms with Crippen LogP contribution in [0.3, 0.4) is 0 Å². The van der Waals surface area contributed by atoms with E-state index in [0.29, 0.717) is 37.7 Å². The van der Waals surface area contributed by atoms with Crippen molar-refractivity contribution in [2.45, 2.75) is 19.9 Å². The molecule has 3 heterocycles. The molecule has 0 bridgehead atoms. The van der Waals surface area contributed by atoms with Crippen molar-refractivity contribution in [3.8, 4) is 11.3 Å². The van der Waals surface area contributed by atoms with Crippen LogP contribution in [0.25, 0.3) is 28.2 Å². The molecule has 5 aromatic rings. The van der Waals surface area contributed by atoms with E-state index in [1.165, 1.54) is 23.5 Å². The number of ether oxygens (including phenoxy) is 1. The summed E-state index contributed by atoms with van der Waals surface area (Å²) in [6.07, 6.45) is 1.63. The van der Waals surface area contributed by atoms with E-state index in [4.69, 9.17) is 20.8 Å². The van der Waals surface area contributed by atoms with Gasteiger partial charge in [-0.3, -0.25) is 9.36 Å². The number of hydrogen-bond donors (Lipinski definition) is 1. The molecule has 0 radical (unpaired) electrons. The molecule has 0 unspecified atom stereocenters. The molecule has 1 aliphatic heterocycles. The Morgan fingerprint density at radius 3 is 2.67 bits per heavy atom. The summed E-state index contributed by atoms with van der Waals surface area (Å²) in [6, 6.07) is 20.9. The Bertz CT molecular complexity index is 2120. The first-order chi connectivity index (χ1) is 20.3. The zero-order chi connectivity index (χ0) is 29.5. The molecule has 42 heavy (non-hydrogen) atoms. The van der Waals surface area contributed by atoms with Crippen LogP contribution in [-0.2, 0) is 9.53 Å². The molecule has 0 saturated heterocycles. The predicted molar refractivity (Wildman–Crippen MR) is 160 cm³/mol. The summed E-state index contributed by atoms with van der Waals surface area (Å²) in [5.41, 5.74) is 1.86. The Balaban J connectivity index is 1.49. The van der Waals surface area contributed by atoms with Crippen LogP contribution in [-0.4, -0.2) is 28.2 Å². The molecule has 8 nitrogen and oxygen atoms in total. The van der Waals surface area contributed by atoms with Crippen LogP contribution in [0.5, 0.6) is 0 Å². The molecule has 6 rings (SSSR count). The first-order valence-corrected chi connectivity index (χ1v) is 14.3. The molecule has 10 heteroatoms. The summed E-state index contributed by atoms with van der Waals surface area (Å²) in [5.74, 6) is -0.766. The molecule has 1 atom stereocenters. The van der Waals surface area contributed by atoms with E-state index in [-0.39, 0.29) is 22.8 Å². The third-order valence-electron chi connectivity index (χ3n) is 7.02. The van der Waals surface area contributed by atoms with E-state index in [2.05, 4.69) is 4.99 Å². The number of thiazole rings is 1. The third kappa shape index (κ3) is 4.76. The first kappa shape index (κ1) is 27.4. The average Bonchev–Trinajstić information content (AvgIpc) is 3.56. The van der Waals surface area contributed by atoms with Gasteiger partial charge in [-0.05, 0) is 54.4 Å². The molecule has 1 aliphatic rings. The van der Waals surface area contributed by atoms with E-state index in [1.807, 2.05) is 42.5 Å². The fraction of sp³-hybridized carbons (Fsp3) is 0.125. The van der Waals surface area contributed by atoms with E-state index >= 15 is 0 Å². The van der Waals surface area contributed by atoms with Crippen molar-refractivity contribution in [3.63, 3.8) is 0 Å². The highest BCUT2D eigenvalue weighted by atomic mass is 35.5. The Kier molecular flexibility index (Phi) is 7.14. The van der Waals surface area contributed by atoms with Crippen LogP contribution in [0, 0.1) is 0 Å². The van der Waals surface area contributed by atoms with Crippen LogP contribution in [0.2, 0.25) is 5.02 Å². The van der Waals surface area contributed by atoms with Gasteiger partial charge in [-0.15, -0.1) is 0 Å². The van der Waals surface area contributed by atoms with Gasteiger partial charge in [0.05, 0.1) is 39.0 Å². The largest absolute Gasteiger partial charge is 0.478 e. The number of nitrogens with zero attached hydrogens (tertiary/aromatic N) is 2. The van der Waals surface area contributed by atoms with Crippen molar-refractivity contribution in [2.75, 3.05) is 6.61 Å². The number of aromatic nitrogens is 1. The summed E-state index contributed by atoms with van der Waals surface area (Å²) < 4.78 is 13.3. The minimum Gasteiger partial charge on any atom is -0.478 e. The molecule has 0 aliphatic carbocycles. The summed E-state index contributed by atoms with van der Waals surface area (Å²) in [4.78, 5) is 43.6. The number of carboxylic acid groups (broad SMARTS) is 1. The Morgan fingerprint density at radius 2 is 1.90 bits per heavy atom. The molecular weight excluding hydrogens is 576 g/mol. The monoisotopic (exact) mass is 598 g/mol. The van der Waals surface area contributed by atoms with Gasteiger partial charge in [-0.25, -0.2) is 14.6 Å². The Labute approximate surface area is 248 Å². The number of fused-ring (bicyclic) bond motifs is 2. The number of carboxylic acids is 1. The van der Waals surface area contributed by atoms with Crippen molar-refractivity contribution in [1.29, 1.82) is 0 Å². The van der Waals surface area contributed by atoms with E-state index in [1.54, 1.807) is 42.7 Å². The minimum atomic E-state index is -1.12.